The fourth-order valence-electron chi connectivity index (χ4n) is 1.74. The Morgan fingerprint density at radius 1 is 1.37 bits per heavy atom. The monoisotopic (exact) mass is 265 g/mol. The van der Waals surface area contributed by atoms with Gasteiger partial charge in [-0.15, -0.1) is 0 Å². The van der Waals surface area contributed by atoms with E-state index in [1.54, 1.807) is 17.0 Å². The van der Waals surface area contributed by atoms with E-state index in [1.807, 2.05) is 0 Å². The number of rotatable bonds is 4. The van der Waals surface area contributed by atoms with Crippen LogP contribution in [-0.4, -0.2) is 59.7 Å². The number of hydrogen-bond donors (Lipinski definition) is 2. The summed E-state index contributed by atoms with van der Waals surface area (Å²) in [6, 6.07) is 4.61. The number of nitrogens with one attached hydrogen (secondary N) is 1. The largest absolute Gasteiger partial charge is 0.477 e. The van der Waals surface area contributed by atoms with Gasteiger partial charge in [0.1, 0.15) is 5.82 Å². The van der Waals surface area contributed by atoms with Crippen LogP contribution >= 0.6 is 0 Å². The first kappa shape index (κ1) is 13.3. The Morgan fingerprint density at radius 2 is 2.11 bits per heavy atom. The van der Waals surface area contributed by atoms with Crippen molar-refractivity contribution in [3.63, 3.8) is 0 Å². The number of ether oxygens (including phenoxy) is 1. The van der Waals surface area contributed by atoms with Crippen molar-refractivity contribution in [3.8, 4) is 0 Å². The molecule has 0 spiro atoms. The average Bonchev–Trinajstić information content (AvgIpc) is 2.46. The molecule has 0 aliphatic carbocycles. The van der Waals surface area contributed by atoms with Gasteiger partial charge in [0.15, 0.2) is 5.69 Å². The number of amides is 1. The maximum Gasteiger partial charge on any atom is 0.354 e. The Balaban J connectivity index is 1.89. The van der Waals surface area contributed by atoms with Gasteiger partial charge in [0, 0.05) is 13.1 Å². The molecule has 1 saturated heterocycles. The van der Waals surface area contributed by atoms with Gasteiger partial charge in [-0.3, -0.25) is 4.79 Å². The number of carbonyl (C=O) groups excluding carboxylic acids is 1. The highest BCUT2D eigenvalue weighted by Gasteiger charge is 2.16. The molecule has 1 aliphatic rings. The number of carbonyl (C=O) groups is 2. The predicted molar refractivity (Wildman–Crippen MR) is 67.1 cm³/mol. The molecule has 1 aromatic heterocycles. The Morgan fingerprint density at radius 3 is 2.79 bits per heavy atom. The maximum absolute atomic E-state index is 11.9. The molecule has 0 unspecified atom stereocenters. The van der Waals surface area contributed by atoms with Gasteiger partial charge in [-0.05, 0) is 12.1 Å². The molecule has 0 radical (unpaired) electrons. The molecule has 1 fully saturated rings. The number of carboxylic acids is 1. The summed E-state index contributed by atoms with van der Waals surface area (Å²) in [7, 11) is 0. The highest BCUT2D eigenvalue weighted by Crippen LogP contribution is 2.05. The molecule has 2 rings (SSSR count). The zero-order valence-electron chi connectivity index (χ0n) is 10.3. The van der Waals surface area contributed by atoms with E-state index in [-0.39, 0.29) is 18.1 Å². The number of pyridine rings is 1. The lowest BCUT2D eigenvalue weighted by atomic mass is 10.3. The number of aromatic carboxylic acids is 1. The van der Waals surface area contributed by atoms with E-state index in [0.717, 1.165) is 0 Å². The zero-order chi connectivity index (χ0) is 13.7. The van der Waals surface area contributed by atoms with Crippen molar-refractivity contribution in [2.24, 2.45) is 0 Å². The summed E-state index contributed by atoms with van der Waals surface area (Å²) in [5.41, 5.74) is -0.0520. The van der Waals surface area contributed by atoms with Crippen LogP contribution in [0.25, 0.3) is 0 Å². The fraction of sp³-hybridized carbons (Fsp3) is 0.417. The molecule has 7 heteroatoms. The van der Waals surface area contributed by atoms with Gasteiger partial charge in [0.05, 0.1) is 19.8 Å². The van der Waals surface area contributed by atoms with E-state index >= 15 is 0 Å². The van der Waals surface area contributed by atoms with Crippen LogP contribution in [0.1, 0.15) is 10.5 Å². The quantitative estimate of drug-likeness (QED) is 0.799. The normalized spacial score (nSPS) is 15.1. The maximum atomic E-state index is 11.9. The Hall–Kier alpha value is -2.15. The molecule has 2 heterocycles. The first-order valence-corrected chi connectivity index (χ1v) is 5.96. The fourth-order valence-corrected chi connectivity index (χ4v) is 1.74. The van der Waals surface area contributed by atoms with Crippen LogP contribution < -0.4 is 5.32 Å². The van der Waals surface area contributed by atoms with Gasteiger partial charge in [0.2, 0.25) is 5.91 Å². The van der Waals surface area contributed by atoms with Gasteiger partial charge in [-0.25, -0.2) is 9.78 Å². The molecule has 1 amide bonds. The molecule has 0 bridgehead atoms. The average molecular weight is 265 g/mol. The number of anilines is 1. The highest BCUT2D eigenvalue weighted by molar-refractivity contribution is 5.86. The topological polar surface area (TPSA) is 91.8 Å². The molecular weight excluding hydrogens is 250 g/mol. The number of aromatic nitrogens is 1. The lowest BCUT2D eigenvalue weighted by molar-refractivity contribution is -0.133. The number of nitrogens with zero attached hydrogens (tertiary/aromatic N) is 2. The summed E-state index contributed by atoms with van der Waals surface area (Å²) >= 11 is 0. The van der Waals surface area contributed by atoms with Crippen molar-refractivity contribution in [1.29, 1.82) is 0 Å². The molecule has 1 aromatic rings. The van der Waals surface area contributed by atoms with E-state index in [0.29, 0.717) is 32.1 Å². The van der Waals surface area contributed by atoms with E-state index in [1.165, 1.54) is 6.07 Å². The summed E-state index contributed by atoms with van der Waals surface area (Å²) in [5.74, 6) is -0.768. The van der Waals surface area contributed by atoms with Crippen molar-refractivity contribution in [2.45, 2.75) is 0 Å². The highest BCUT2D eigenvalue weighted by atomic mass is 16.5. The Labute approximate surface area is 110 Å². The van der Waals surface area contributed by atoms with Gasteiger partial charge < -0.3 is 20.1 Å². The molecular formula is C12H15N3O4. The van der Waals surface area contributed by atoms with Crippen molar-refractivity contribution in [3.05, 3.63) is 23.9 Å². The zero-order valence-corrected chi connectivity index (χ0v) is 10.3. The summed E-state index contributed by atoms with van der Waals surface area (Å²) in [6.07, 6.45) is 0. The number of morpholine rings is 1. The number of hydrogen-bond acceptors (Lipinski definition) is 5. The summed E-state index contributed by atoms with van der Waals surface area (Å²) in [6.45, 7) is 2.37. The van der Waals surface area contributed by atoms with Crippen molar-refractivity contribution in [1.82, 2.24) is 9.88 Å². The third-order valence-corrected chi connectivity index (χ3v) is 2.75. The predicted octanol–water partition coefficient (Wildman–Crippen LogP) is 0.0505. The van der Waals surface area contributed by atoms with Gasteiger partial charge >= 0.3 is 5.97 Å². The van der Waals surface area contributed by atoms with Crippen LogP contribution in [0.3, 0.4) is 0 Å². The van der Waals surface area contributed by atoms with Crippen LogP contribution in [0.4, 0.5) is 5.82 Å². The molecule has 1 aliphatic heterocycles. The first-order chi connectivity index (χ1) is 9.16. The smallest absolute Gasteiger partial charge is 0.354 e. The second kappa shape index (κ2) is 6.14. The Bertz CT molecular complexity index is 472. The molecule has 0 saturated carbocycles. The molecule has 0 aromatic carbocycles. The van der Waals surface area contributed by atoms with Crippen LogP contribution in [0.2, 0.25) is 0 Å². The molecule has 0 atom stereocenters. The first-order valence-electron chi connectivity index (χ1n) is 5.96. The molecule has 2 N–H and O–H groups in total. The third kappa shape index (κ3) is 3.65. The van der Waals surface area contributed by atoms with Crippen molar-refractivity contribution in [2.75, 3.05) is 38.2 Å². The van der Waals surface area contributed by atoms with E-state index in [9.17, 15) is 9.59 Å². The minimum Gasteiger partial charge on any atom is -0.477 e. The lowest BCUT2D eigenvalue weighted by Gasteiger charge is -2.26. The molecule has 7 nitrogen and oxygen atoms in total. The molecule has 19 heavy (non-hydrogen) atoms. The minimum atomic E-state index is -1.09. The standard InChI is InChI=1S/C12H15N3O4/c16-11(15-4-6-19-7-5-15)8-13-10-3-1-2-9(14-10)12(17)18/h1-3H,4-8H2,(H,13,14)(H,17,18). The Kier molecular flexibility index (Phi) is 4.30. The van der Waals surface area contributed by atoms with Gasteiger partial charge in [0.25, 0.3) is 0 Å². The minimum absolute atomic E-state index is 0.0502. The summed E-state index contributed by atoms with van der Waals surface area (Å²) in [4.78, 5) is 28.2. The van der Waals surface area contributed by atoms with Crippen LogP contribution in [0, 0.1) is 0 Å². The SMILES string of the molecule is O=C(O)c1cccc(NCC(=O)N2CCOCC2)n1. The van der Waals surface area contributed by atoms with E-state index in [4.69, 9.17) is 9.84 Å². The van der Waals surface area contributed by atoms with E-state index < -0.39 is 5.97 Å². The van der Waals surface area contributed by atoms with Crippen LogP contribution in [-0.2, 0) is 9.53 Å². The summed E-state index contributed by atoms with van der Waals surface area (Å²) in [5, 5.41) is 11.6. The number of carboxylic acid groups (broad SMARTS) is 1. The van der Waals surface area contributed by atoms with Crippen molar-refractivity contribution >= 4 is 17.7 Å². The van der Waals surface area contributed by atoms with Crippen LogP contribution in [0.15, 0.2) is 18.2 Å². The van der Waals surface area contributed by atoms with Gasteiger partial charge in [-0.1, -0.05) is 6.07 Å². The second-order valence-corrected chi connectivity index (χ2v) is 4.06. The van der Waals surface area contributed by atoms with Crippen LogP contribution in [0.5, 0.6) is 0 Å². The lowest BCUT2D eigenvalue weighted by Crippen LogP contribution is -2.43. The van der Waals surface area contributed by atoms with Gasteiger partial charge in [-0.2, -0.15) is 0 Å². The van der Waals surface area contributed by atoms with E-state index in [2.05, 4.69) is 10.3 Å². The van der Waals surface area contributed by atoms with Crippen molar-refractivity contribution < 1.29 is 19.4 Å². The summed E-state index contributed by atoms with van der Waals surface area (Å²) < 4.78 is 5.16. The third-order valence-electron chi connectivity index (χ3n) is 2.75. The second-order valence-electron chi connectivity index (χ2n) is 4.06. The molecule has 102 valence electrons.